The highest BCUT2D eigenvalue weighted by atomic mass is 16.5. The van der Waals surface area contributed by atoms with Crippen LogP contribution in [0.25, 0.3) is 0 Å². The summed E-state index contributed by atoms with van der Waals surface area (Å²) in [5.74, 6) is 1.59. The number of nitrogens with two attached hydrogens (primary N) is 1. The van der Waals surface area contributed by atoms with Crippen LogP contribution in [0.15, 0.2) is 36.7 Å². The Kier molecular flexibility index (Phi) is 2.49. The van der Waals surface area contributed by atoms with Crippen molar-refractivity contribution in [1.29, 1.82) is 0 Å². The Hall–Kier alpha value is -2.10. The molecule has 4 heteroatoms. The third kappa shape index (κ3) is 2.43. The average molecular weight is 201 g/mol. The van der Waals surface area contributed by atoms with Gasteiger partial charge in [-0.05, 0) is 24.6 Å². The number of aryl methyl sites for hydroxylation is 1. The van der Waals surface area contributed by atoms with Crippen LogP contribution in [0.5, 0.6) is 11.6 Å². The minimum Gasteiger partial charge on any atom is -0.439 e. The number of anilines is 1. The standard InChI is InChI=1S/C11H11N3O/c1-8-3-2-4-9(5-8)15-11-6-10(12)13-7-14-11/h2-7H,1H3,(H2,12,13,14). The van der Waals surface area contributed by atoms with Gasteiger partial charge in [0, 0.05) is 6.07 Å². The highest BCUT2D eigenvalue weighted by Crippen LogP contribution is 2.20. The van der Waals surface area contributed by atoms with E-state index in [1.165, 1.54) is 6.33 Å². The fourth-order valence-electron chi connectivity index (χ4n) is 1.21. The van der Waals surface area contributed by atoms with Gasteiger partial charge in [0.2, 0.25) is 5.88 Å². The Balaban J connectivity index is 2.22. The zero-order valence-corrected chi connectivity index (χ0v) is 8.34. The maximum Gasteiger partial charge on any atom is 0.224 e. The van der Waals surface area contributed by atoms with Crippen molar-refractivity contribution in [1.82, 2.24) is 9.97 Å². The van der Waals surface area contributed by atoms with Crippen molar-refractivity contribution in [3.8, 4) is 11.6 Å². The number of nitrogen functional groups attached to an aromatic ring is 1. The van der Waals surface area contributed by atoms with Gasteiger partial charge < -0.3 is 10.5 Å². The molecule has 1 aromatic carbocycles. The van der Waals surface area contributed by atoms with Gasteiger partial charge in [0.25, 0.3) is 0 Å². The lowest BCUT2D eigenvalue weighted by Crippen LogP contribution is -1.93. The molecule has 0 aliphatic heterocycles. The molecule has 2 N–H and O–H groups in total. The molecule has 1 heterocycles. The fraction of sp³-hybridized carbons (Fsp3) is 0.0909. The first kappa shape index (κ1) is 9.45. The molecule has 2 aromatic rings. The van der Waals surface area contributed by atoms with Crippen LogP contribution < -0.4 is 10.5 Å². The second-order valence-corrected chi connectivity index (χ2v) is 3.20. The Morgan fingerprint density at radius 2 is 2.07 bits per heavy atom. The predicted octanol–water partition coefficient (Wildman–Crippen LogP) is 2.16. The van der Waals surface area contributed by atoms with E-state index >= 15 is 0 Å². The summed E-state index contributed by atoms with van der Waals surface area (Å²) >= 11 is 0. The highest BCUT2D eigenvalue weighted by molar-refractivity contribution is 5.35. The lowest BCUT2D eigenvalue weighted by molar-refractivity contribution is 0.461. The van der Waals surface area contributed by atoms with E-state index in [9.17, 15) is 0 Å². The molecule has 4 nitrogen and oxygen atoms in total. The van der Waals surface area contributed by atoms with Gasteiger partial charge in [0.15, 0.2) is 0 Å². The van der Waals surface area contributed by atoms with Gasteiger partial charge in [0.1, 0.15) is 17.9 Å². The SMILES string of the molecule is Cc1cccc(Oc2cc(N)ncn2)c1. The normalized spacial score (nSPS) is 9.93. The van der Waals surface area contributed by atoms with Crippen molar-refractivity contribution < 1.29 is 4.74 Å². The van der Waals surface area contributed by atoms with Gasteiger partial charge in [-0.3, -0.25) is 0 Å². The van der Waals surface area contributed by atoms with Crippen LogP contribution in [0.2, 0.25) is 0 Å². The summed E-state index contributed by atoms with van der Waals surface area (Å²) in [6.45, 7) is 2.00. The van der Waals surface area contributed by atoms with Crippen LogP contribution in [-0.2, 0) is 0 Å². The van der Waals surface area contributed by atoms with Gasteiger partial charge in [-0.2, -0.15) is 0 Å². The van der Waals surface area contributed by atoms with E-state index in [0.29, 0.717) is 11.7 Å². The van der Waals surface area contributed by atoms with Gasteiger partial charge in [0.05, 0.1) is 0 Å². The number of aromatic nitrogens is 2. The molecule has 0 unspecified atom stereocenters. The van der Waals surface area contributed by atoms with E-state index in [1.54, 1.807) is 6.07 Å². The van der Waals surface area contributed by atoms with Gasteiger partial charge in [-0.25, -0.2) is 9.97 Å². The monoisotopic (exact) mass is 201 g/mol. The van der Waals surface area contributed by atoms with Crippen LogP contribution in [0.1, 0.15) is 5.56 Å². The first-order valence-electron chi connectivity index (χ1n) is 4.56. The Bertz CT molecular complexity index is 427. The van der Waals surface area contributed by atoms with E-state index in [-0.39, 0.29) is 0 Å². The Morgan fingerprint density at radius 1 is 1.20 bits per heavy atom. The van der Waals surface area contributed by atoms with Crippen molar-refractivity contribution in [3.63, 3.8) is 0 Å². The van der Waals surface area contributed by atoms with E-state index in [2.05, 4.69) is 9.97 Å². The second kappa shape index (κ2) is 3.96. The topological polar surface area (TPSA) is 61.0 Å². The summed E-state index contributed by atoms with van der Waals surface area (Å²) in [6.07, 6.45) is 1.38. The first-order valence-corrected chi connectivity index (χ1v) is 4.56. The van der Waals surface area contributed by atoms with Crippen molar-refractivity contribution in [2.24, 2.45) is 0 Å². The molecule has 0 radical (unpaired) electrons. The zero-order valence-electron chi connectivity index (χ0n) is 8.34. The zero-order chi connectivity index (χ0) is 10.7. The molecule has 1 aromatic heterocycles. The molecule has 0 amide bonds. The fourth-order valence-corrected chi connectivity index (χ4v) is 1.21. The number of ether oxygens (including phenoxy) is 1. The highest BCUT2D eigenvalue weighted by Gasteiger charge is 1.99. The molecule has 0 bridgehead atoms. The number of hydrogen-bond acceptors (Lipinski definition) is 4. The summed E-state index contributed by atoms with van der Waals surface area (Å²) in [4.78, 5) is 7.74. The van der Waals surface area contributed by atoms with Crippen molar-refractivity contribution in [2.45, 2.75) is 6.92 Å². The van der Waals surface area contributed by atoms with Gasteiger partial charge in [-0.15, -0.1) is 0 Å². The molecule has 0 atom stereocenters. The molecule has 76 valence electrons. The summed E-state index contributed by atoms with van der Waals surface area (Å²) in [5.41, 5.74) is 6.64. The molecule has 0 saturated carbocycles. The molecule has 0 spiro atoms. The van der Waals surface area contributed by atoms with Gasteiger partial charge in [-0.1, -0.05) is 12.1 Å². The molecule has 0 aliphatic rings. The molecular weight excluding hydrogens is 190 g/mol. The minimum atomic E-state index is 0.396. The maximum absolute atomic E-state index is 5.51. The second-order valence-electron chi connectivity index (χ2n) is 3.20. The summed E-state index contributed by atoms with van der Waals surface area (Å²) < 4.78 is 5.51. The lowest BCUT2D eigenvalue weighted by Gasteiger charge is -2.04. The van der Waals surface area contributed by atoms with Crippen LogP contribution in [0.4, 0.5) is 5.82 Å². The van der Waals surface area contributed by atoms with Crippen molar-refractivity contribution in [2.75, 3.05) is 5.73 Å². The molecule has 0 aliphatic carbocycles. The maximum atomic E-state index is 5.51. The number of rotatable bonds is 2. The smallest absolute Gasteiger partial charge is 0.224 e. The number of hydrogen-bond donors (Lipinski definition) is 1. The number of nitrogens with zero attached hydrogens (tertiary/aromatic N) is 2. The lowest BCUT2D eigenvalue weighted by atomic mass is 10.2. The largest absolute Gasteiger partial charge is 0.439 e. The Labute approximate surface area is 87.7 Å². The van der Waals surface area contributed by atoms with Gasteiger partial charge >= 0.3 is 0 Å². The minimum absolute atomic E-state index is 0.396. The number of benzene rings is 1. The first-order chi connectivity index (χ1) is 7.24. The molecule has 0 fully saturated rings. The predicted molar refractivity (Wildman–Crippen MR) is 57.7 cm³/mol. The third-order valence-corrected chi connectivity index (χ3v) is 1.88. The quantitative estimate of drug-likeness (QED) is 0.808. The van der Waals surface area contributed by atoms with Crippen molar-refractivity contribution >= 4 is 5.82 Å². The molecule has 15 heavy (non-hydrogen) atoms. The molecule has 2 rings (SSSR count). The van der Waals surface area contributed by atoms with E-state index in [4.69, 9.17) is 10.5 Å². The van der Waals surface area contributed by atoms with Crippen LogP contribution in [0, 0.1) is 6.92 Å². The van der Waals surface area contributed by atoms with E-state index in [1.807, 2.05) is 31.2 Å². The molecule has 0 saturated heterocycles. The van der Waals surface area contributed by atoms with Crippen LogP contribution in [0.3, 0.4) is 0 Å². The average Bonchev–Trinajstić information content (AvgIpc) is 2.17. The molecular formula is C11H11N3O. The van der Waals surface area contributed by atoms with E-state index < -0.39 is 0 Å². The third-order valence-electron chi connectivity index (χ3n) is 1.88. The summed E-state index contributed by atoms with van der Waals surface area (Å²) in [7, 11) is 0. The summed E-state index contributed by atoms with van der Waals surface area (Å²) in [6, 6.07) is 9.31. The van der Waals surface area contributed by atoms with Crippen LogP contribution in [-0.4, -0.2) is 9.97 Å². The van der Waals surface area contributed by atoms with Crippen LogP contribution >= 0.6 is 0 Å². The Morgan fingerprint density at radius 3 is 2.80 bits per heavy atom. The van der Waals surface area contributed by atoms with E-state index in [0.717, 1.165) is 11.3 Å². The van der Waals surface area contributed by atoms with Crippen molar-refractivity contribution in [3.05, 3.63) is 42.2 Å². The summed E-state index contributed by atoms with van der Waals surface area (Å²) in [5, 5.41) is 0.